The molecular formula is C23H27N5O2S. The normalized spacial score (nSPS) is 17.5. The van der Waals surface area contributed by atoms with Crippen LogP contribution in [0.1, 0.15) is 44.7 Å². The number of carbonyl (C=O) groups is 1. The van der Waals surface area contributed by atoms with E-state index >= 15 is 0 Å². The molecule has 1 aromatic rings. The third kappa shape index (κ3) is 3.78. The van der Waals surface area contributed by atoms with E-state index in [0.29, 0.717) is 11.4 Å². The maximum atomic E-state index is 13.3. The van der Waals surface area contributed by atoms with Crippen molar-refractivity contribution in [3.63, 3.8) is 0 Å². The molecule has 0 saturated carbocycles. The Morgan fingerprint density at radius 3 is 2.55 bits per heavy atom. The van der Waals surface area contributed by atoms with Crippen LogP contribution in [-0.2, 0) is 17.8 Å². The number of para-hydroxylation sites is 1. The van der Waals surface area contributed by atoms with Gasteiger partial charge in [-0.3, -0.25) is 9.59 Å². The van der Waals surface area contributed by atoms with Crippen LogP contribution < -0.4 is 5.56 Å². The number of hydrogen-bond acceptors (Lipinski definition) is 5. The molecule has 4 aliphatic rings. The molecule has 1 aromatic carbocycles. The van der Waals surface area contributed by atoms with Gasteiger partial charge in [-0.2, -0.15) is 4.68 Å². The number of thioether (sulfide) groups is 1. The molecule has 5 rings (SSSR count). The molecule has 1 amide bonds. The van der Waals surface area contributed by atoms with Crippen molar-refractivity contribution in [3.8, 4) is 17.1 Å². The number of amides is 1. The zero-order valence-electron chi connectivity index (χ0n) is 17.8. The lowest BCUT2D eigenvalue weighted by Gasteiger charge is -2.22. The van der Waals surface area contributed by atoms with Gasteiger partial charge in [-0.15, -0.1) is 5.10 Å². The first-order chi connectivity index (χ1) is 15.1. The first-order valence-corrected chi connectivity index (χ1v) is 12.0. The number of carbonyl (C=O) groups excluding carboxylic acids is 1. The highest BCUT2D eigenvalue weighted by Crippen LogP contribution is 2.32. The van der Waals surface area contributed by atoms with Crippen molar-refractivity contribution in [2.75, 3.05) is 13.1 Å². The van der Waals surface area contributed by atoms with Crippen LogP contribution in [0.2, 0.25) is 0 Å². The summed E-state index contributed by atoms with van der Waals surface area (Å²) >= 11 is 1.50. The Bertz CT molecular complexity index is 1120. The molecule has 4 heterocycles. The van der Waals surface area contributed by atoms with Gasteiger partial charge >= 0.3 is 0 Å². The minimum absolute atomic E-state index is 0.114. The van der Waals surface area contributed by atoms with Gasteiger partial charge in [0.25, 0.3) is 5.56 Å². The zero-order valence-corrected chi connectivity index (χ0v) is 18.6. The average molecular weight is 438 g/mol. The maximum Gasteiger partial charge on any atom is 0.284 e. The van der Waals surface area contributed by atoms with Crippen molar-refractivity contribution in [1.82, 2.24) is 24.2 Å². The Balaban J connectivity index is 1.58. The summed E-state index contributed by atoms with van der Waals surface area (Å²) in [5, 5.41) is 5.16. The van der Waals surface area contributed by atoms with Crippen molar-refractivity contribution in [1.29, 1.82) is 0 Å². The van der Waals surface area contributed by atoms with E-state index in [0.717, 1.165) is 74.7 Å². The average Bonchev–Trinajstić information content (AvgIpc) is 3.36. The third-order valence-electron chi connectivity index (χ3n) is 6.22. The Hall–Kier alpha value is -2.61. The van der Waals surface area contributed by atoms with Gasteiger partial charge in [-0.25, -0.2) is 4.98 Å². The van der Waals surface area contributed by atoms with Crippen LogP contribution in [0.15, 0.2) is 40.3 Å². The van der Waals surface area contributed by atoms with Crippen molar-refractivity contribution in [2.45, 2.75) is 62.4 Å². The van der Waals surface area contributed by atoms with Gasteiger partial charge in [0.2, 0.25) is 5.91 Å². The van der Waals surface area contributed by atoms with E-state index in [-0.39, 0.29) is 16.7 Å². The van der Waals surface area contributed by atoms with E-state index in [4.69, 9.17) is 4.98 Å². The maximum absolute atomic E-state index is 13.3. The molecule has 0 radical (unpaired) electrons. The fraction of sp³-hybridized carbons (Fsp3) is 0.478. The minimum atomic E-state index is -0.217. The molecule has 1 unspecified atom stereocenters. The predicted octanol–water partition coefficient (Wildman–Crippen LogP) is 3.36. The van der Waals surface area contributed by atoms with Crippen LogP contribution in [0.3, 0.4) is 0 Å². The van der Waals surface area contributed by atoms with Crippen LogP contribution in [0.25, 0.3) is 17.1 Å². The number of likely N-dealkylation sites (tertiary alicyclic amines) is 1. The summed E-state index contributed by atoms with van der Waals surface area (Å²) in [6.45, 7) is 4.48. The Labute approximate surface area is 185 Å². The summed E-state index contributed by atoms with van der Waals surface area (Å²) in [7, 11) is 0. The topological polar surface area (TPSA) is 73.0 Å². The molecule has 7 nitrogen and oxygen atoms in total. The molecule has 31 heavy (non-hydrogen) atoms. The Morgan fingerprint density at radius 2 is 1.77 bits per heavy atom. The first-order valence-electron chi connectivity index (χ1n) is 11.2. The fourth-order valence-corrected chi connectivity index (χ4v) is 5.62. The van der Waals surface area contributed by atoms with Crippen LogP contribution in [0.4, 0.5) is 0 Å². The van der Waals surface area contributed by atoms with Gasteiger partial charge in [0.15, 0.2) is 11.0 Å². The first kappa shape index (κ1) is 20.3. The van der Waals surface area contributed by atoms with Gasteiger partial charge < -0.3 is 9.47 Å². The third-order valence-corrected chi connectivity index (χ3v) is 7.29. The second-order valence-electron chi connectivity index (χ2n) is 8.35. The number of benzene rings is 1. The highest BCUT2D eigenvalue weighted by Gasteiger charge is 2.30. The molecule has 0 N–H and O–H groups in total. The van der Waals surface area contributed by atoms with E-state index in [1.165, 1.54) is 16.4 Å². The minimum Gasteiger partial charge on any atom is -0.342 e. The lowest BCUT2D eigenvalue weighted by molar-refractivity contribution is -0.129. The molecule has 1 atom stereocenters. The number of fused-ring (bicyclic) bond motifs is 3. The van der Waals surface area contributed by atoms with Gasteiger partial charge in [0.1, 0.15) is 5.56 Å². The van der Waals surface area contributed by atoms with Crippen LogP contribution in [-0.4, -0.2) is 48.5 Å². The SMILES string of the molecule is CC(Sc1nc2nn(-c3ccccc3)c(=O)c-2c2n1CCCCC2)C(=O)N1CCCC1. The van der Waals surface area contributed by atoms with Gasteiger partial charge in [0, 0.05) is 25.3 Å². The molecule has 0 spiro atoms. The highest BCUT2D eigenvalue weighted by molar-refractivity contribution is 8.00. The van der Waals surface area contributed by atoms with E-state index in [1.54, 1.807) is 0 Å². The summed E-state index contributed by atoms with van der Waals surface area (Å²) in [6.07, 6.45) is 6.21. The van der Waals surface area contributed by atoms with Crippen molar-refractivity contribution >= 4 is 17.7 Å². The fourth-order valence-electron chi connectivity index (χ4n) is 4.59. The van der Waals surface area contributed by atoms with Crippen LogP contribution >= 0.6 is 11.8 Å². The quantitative estimate of drug-likeness (QED) is 0.462. The summed E-state index contributed by atoms with van der Waals surface area (Å²) in [5.41, 5.74) is 2.26. The molecule has 8 heteroatoms. The molecule has 0 aliphatic carbocycles. The molecule has 162 valence electrons. The second kappa shape index (κ2) is 8.49. The Kier molecular flexibility index (Phi) is 5.56. The number of nitrogens with zero attached hydrogens (tertiary/aromatic N) is 5. The van der Waals surface area contributed by atoms with Crippen LogP contribution in [0, 0.1) is 0 Å². The summed E-state index contributed by atoms with van der Waals surface area (Å²) in [6, 6.07) is 9.48. The van der Waals surface area contributed by atoms with E-state index < -0.39 is 0 Å². The molecule has 0 bridgehead atoms. The highest BCUT2D eigenvalue weighted by atomic mass is 32.2. The molecule has 1 fully saturated rings. The van der Waals surface area contributed by atoms with Crippen molar-refractivity contribution in [2.24, 2.45) is 0 Å². The van der Waals surface area contributed by atoms with Gasteiger partial charge in [-0.05, 0) is 51.2 Å². The van der Waals surface area contributed by atoms with Crippen molar-refractivity contribution in [3.05, 3.63) is 46.4 Å². The second-order valence-corrected chi connectivity index (χ2v) is 9.65. The molecule has 1 saturated heterocycles. The largest absolute Gasteiger partial charge is 0.342 e. The number of hydrogen-bond donors (Lipinski definition) is 0. The predicted molar refractivity (Wildman–Crippen MR) is 121 cm³/mol. The standard InChI is InChI=1S/C23H27N5O2S/c1-16(21(29)26-13-8-9-14-26)31-23-24-20-19(18-12-6-3-7-15-27(18)23)22(30)28(25-20)17-10-4-2-5-11-17/h2,4-5,10-11,16H,3,6-9,12-15H2,1H3. The molecule has 4 aliphatic heterocycles. The monoisotopic (exact) mass is 437 g/mol. The van der Waals surface area contributed by atoms with Crippen molar-refractivity contribution < 1.29 is 4.79 Å². The smallest absolute Gasteiger partial charge is 0.284 e. The molecular weight excluding hydrogens is 410 g/mol. The van der Waals surface area contributed by atoms with Gasteiger partial charge in [-0.1, -0.05) is 36.4 Å². The van der Waals surface area contributed by atoms with Gasteiger partial charge in [0.05, 0.1) is 10.9 Å². The molecule has 0 aromatic heterocycles. The number of aromatic nitrogens is 4. The van der Waals surface area contributed by atoms with E-state index in [1.807, 2.05) is 42.2 Å². The lowest BCUT2D eigenvalue weighted by atomic mass is 10.1. The summed E-state index contributed by atoms with van der Waals surface area (Å²) < 4.78 is 3.63. The van der Waals surface area contributed by atoms with E-state index in [2.05, 4.69) is 9.67 Å². The van der Waals surface area contributed by atoms with Crippen LogP contribution in [0.5, 0.6) is 0 Å². The lowest BCUT2D eigenvalue weighted by Crippen LogP contribution is -2.34. The summed E-state index contributed by atoms with van der Waals surface area (Å²) in [5.74, 6) is 0.650. The Morgan fingerprint density at radius 1 is 1.03 bits per heavy atom. The zero-order chi connectivity index (χ0) is 21.4. The van der Waals surface area contributed by atoms with E-state index in [9.17, 15) is 9.59 Å². The number of rotatable bonds is 4. The summed E-state index contributed by atoms with van der Waals surface area (Å²) in [4.78, 5) is 33.0.